The second-order valence-corrected chi connectivity index (χ2v) is 7.27. The minimum absolute atomic E-state index is 0.491. The molecule has 4 heteroatoms. The summed E-state index contributed by atoms with van der Waals surface area (Å²) in [5.74, 6) is 1.60. The average Bonchev–Trinajstić information content (AvgIpc) is 3.33. The summed E-state index contributed by atoms with van der Waals surface area (Å²) in [6.07, 6.45) is 8.66. The highest BCUT2D eigenvalue weighted by Crippen LogP contribution is 2.28. The van der Waals surface area contributed by atoms with Crippen LogP contribution in [0.1, 0.15) is 24.8 Å². The van der Waals surface area contributed by atoms with Crippen LogP contribution in [0.4, 0.5) is 5.69 Å². The molecule has 0 saturated carbocycles. The number of nitrogens with one attached hydrogen (secondary N) is 1. The Balaban J connectivity index is 1.33. The zero-order valence-electron chi connectivity index (χ0n) is 14.7. The van der Waals surface area contributed by atoms with Crippen molar-refractivity contribution in [1.29, 1.82) is 0 Å². The Morgan fingerprint density at radius 1 is 1.16 bits per heavy atom. The molecule has 2 atom stereocenters. The number of anilines is 1. The fourth-order valence-electron chi connectivity index (χ4n) is 3.94. The van der Waals surface area contributed by atoms with E-state index in [1.165, 1.54) is 30.5 Å². The zero-order valence-corrected chi connectivity index (χ0v) is 14.7. The van der Waals surface area contributed by atoms with E-state index in [2.05, 4.69) is 51.6 Å². The number of rotatable bonds is 6. The van der Waals surface area contributed by atoms with Crippen LogP contribution in [0.15, 0.2) is 48.8 Å². The highest BCUT2D eigenvalue weighted by atomic mass is 16.5. The Hall–Kier alpha value is -2.07. The predicted molar refractivity (Wildman–Crippen MR) is 101 cm³/mol. The van der Waals surface area contributed by atoms with Crippen molar-refractivity contribution < 1.29 is 4.74 Å². The van der Waals surface area contributed by atoms with E-state index in [9.17, 15) is 0 Å². The van der Waals surface area contributed by atoms with Gasteiger partial charge < -0.3 is 15.0 Å². The maximum Gasteiger partial charge on any atom is 0.139 e. The van der Waals surface area contributed by atoms with E-state index in [1.54, 1.807) is 0 Å². The largest absolute Gasteiger partial charge is 0.490 e. The lowest BCUT2D eigenvalue weighted by atomic mass is 9.99. The van der Waals surface area contributed by atoms with Crippen LogP contribution in [-0.4, -0.2) is 37.3 Å². The topological polar surface area (TPSA) is 37.4 Å². The lowest BCUT2D eigenvalue weighted by Crippen LogP contribution is -2.28. The highest BCUT2D eigenvalue weighted by Gasteiger charge is 2.23. The number of hydrogen-bond donors (Lipinski definition) is 1. The van der Waals surface area contributed by atoms with Gasteiger partial charge in [-0.3, -0.25) is 4.98 Å². The van der Waals surface area contributed by atoms with Crippen LogP contribution in [0.25, 0.3) is 0 Å². The third-order valence-corrected chi connectivity index (χ3v) is 5.33. The van der Waals surface area contributed by atoms with E-state index in [1.807, 2.05) is 12.4 Å². The molecular weight excluding hydrogens is 310 g/mol. The van der Waals surface area contributed by atoms with Crippen LogP contribution in [0.3, 0.4) is 0 Å². The summed E-state index contributed by atoms with van der Waals surface area (Å²) in [5, 5.41) is 3.47. The predicted octanol–water partition coefficient (Wildman–Crippen LogP) is 3.28. The molecule has 3 heterocycles. The maximum absolute atomic E-state index is 5.96. The number of pyridine rings is 1. The smallest absolute Gasteiger partial charge is 0.139 e. The summed E-state index contributed by atoms with van der Waals surface area (Å²) in [7, 11) is 0. The first kappa shape index (κ1) is 16.4. The van der Waals surface area contributed by atoms with Gasteiger partial charge >= 0.3 is 0 Å². The van der Waals surface area contributed by atoms with Gasteiger partial charge in [0.15, 0.2) is 0 Å². The standard InChI is InChI=1S/C21H27N3O/c1-2-5-17(6-3-1)11-18-8-10-24(15-18)20-12-21(14-22-13-20)25-16-19-7-4-9-23-19/h1-3,5-6,12-14,18-19,23H,4,7-11,15-16H2/t18-,19+/m1/s1. The molecule has 0 unspecified atom stereocenters. The molecule has 2 aliphatic rings. The Labute approximate surface area is 150 Å². The highest BCUT2D eigenvalue weighted by molar-refractivity contribution is 5.49. The van der Waals surface area contributed by atoms with Gasteiger partial charge in [0, 0.05) is 25.2 Å². The molecule has 0 radical (unpaired) electrons. The molecule has 2 fully saturated rings. The quantitative estimate of drug-likeness (QED) is 0.878. The van der Waals surface area contributed by atoms with Crippen molar-refractivity contribution in [3.05, 3.63) is 54.4 Å². The molecule has 1 aromatic carbocycles. The number of benzene rings is 1. The average molecular weight is 337 g/mol. The van der Waals surface area contributed by atoms with E-state index >= 15 is 0 Å². The normalized spacial score (nSPS) is 23.1. The Morgan fingerprint density at radius 2 is 2.08 bits per heavy atom. The molecule has 4 nitrogen and oxygen atoms in total. The first-order chi connectivity index (χ1) is 12.4. The van der Waals surface area contributed by atoms with Crippen LogP contribution in [-0.2, 0) is 6.42 Å². The minimum Gasteiger partial charge on any atom is -0.490 e. The van der Waals surface area contributed by atoms with Gasteiger partial charge in [-0.15, -0.1) is 0 Å². The van der Waals surface area contributed by atoms with E-state index < -0.39 is 0 Å². The van der Waals surface area contributed by atoms with Gasteiger partial charge in [-0.1, -0.05) is 30.3 Å². The van der Waals surface area contributed by atoms with Gasteiger partial charge in [-0.25, -0.2) is 0 Å². The van der Waals surface area contributed by atoms with Crippen molar-refractivity contribution in [2.75, 3.05) is 31.1 Å². The molecule has 2 aromatic rings. The summed E-state index contributed by atoms with van der Waals surface area (Å²) in [5.41, 5.74) is 2.63. The fourth-order valence-corrected chi connectivity index (χ4v) is 3.94. The number of ether oxygens (including phenoxy) is 1. The van der Waals surface area contributed by atoms with Crippen molar-refractivity contribution in [2.24, 2.45) is 5.92 Å². The lowest BCUT2D eigenvalue weighted by Gasteiger charge is -2.19. The van der Waals surface area contributed by atoms with Crippen molar-refractivity contribution >= 4 is 5.69 Å². The van der Waals surface area contributed by atoms with Gasteiger partial charge in [0.2, 0.25) is 0 Å². The summed E-state index contributed by atoms with van der Waals surface area (Å²) in [6, 6.07) is 13.4. The van der Waals surface area contributed by atoms with Gasteiger partial charge in [0.05, 0.1) is 18.1 Å². The Bertz CT molecular complexity index is 670. The molecule has 1 N–H and O–H groups in total. The molecule has 0 spiro atoms. The summed E-state index contributed by atoms with van der Waals surface area (Å²) in [4.78, 5) is 6.84. The van der Waals surface area contributed by atoms with Gasteiger partial charge in [0.1, 0.15) is 12.4 Å². The third-order valence-electron chi connectivity index (χ3n) is 5.33. The van der Waals surface area contributed by atoms with Crippen molar-refractivity contribution in [3.63, 3.8) is 0 Å². The van der Waals surface area contributed by atoms with Gasteiger partial charge in [-0.2, -0.15) is 0 Å². The van der Waals surface area contributed by atoms with Crippen molar-refractivity contribution in [3.8, 4) is 5.75 Å². The van der Waals surface area contributed by atoms with E-state index in [0.717, 1.165) is 44.3 Å². The molecule has 25 heavy (non-hydrogen) atoms. The van der Waals surface area contributed by atoms with Crippen LogP contribution >= 0.6 is 0 Å². The monoisotopic (exact) mass is 337 g/mol. The van der Waals surface area contributed by atoms with Gasteiger partial charge in [0.25, 0.3) is 0 Å². The second-order valence-electron chi connectivity index (χ2n) is 7.27. The van der Waals surface area contributed by atoms with Crippen molar-refractivity contribution in [1.82, 2.24) is 10.3 Å². The molecule has 0 amide bonds. The fraction of sp³-hybridized carbons (Fsp3) is 0.476. The Kier molecular flexibility index (Phi) is 5.17. The zero-order chi connectivity index (χ0) is 16.9. The van der Waals surface area contributed by atoms with Crippen LogP contribution in [0.2, 0.25) is 0 Å². The first-order valence-corrected chi connectivity index (χ1v) is 9.47. The van der Waals surface area contributed by atoms with Crippen LogP contribution in [0.5, 0.6) is 5.75 Å². The SMILES string of the molecule is c1ccc(C[C@H]2CCN(c3cncc(OC[C@@H]4CCCN4)c3)C2)cc1. The second kappa shape index (κ2) is 7.87. The number of hydrogen-bond acceptors (Lipinski definition) is 4. The minimum atomic E-state index is 0.491. The summed E-state index contributed by atoms with van der Waals surface area (Å²) in [6.45, 7) is 4.06. The third kappa shape index (κ3) is 4.31. The van der Waals surface area contributed by atoms with Crippen LogP contribution < -0.4 is 15.0 Å². The van der Waals surface area contributed by atoms with E-state index in [4.69, 9.17) is 4.74 Å². The summed E-state index contributed by atoms with van der Waals surface area (Å²) >= 11 is 0. The number of aromatic nitrogens is 1. The maximum atomic E-state index is 5.96. The molecule has 4 rings (SSSR count). The number of nitrogens with zero attached hydrogens (tertiary/aromatic N) is 2. The molecule has 0 aliphatic carbocycles. The van der Waals surface area contributed by atoms with Crippen LogP contribution in [0, 0.1) is 5.92 Å². The molecule has 2 aliphatic heterocycles. The first-order valence-electron chi connectivity index (χ1n) is 9.47. The van der Waals surface area contributed by atoms with Crippen molar-refractivity contribution in [2.45, 2.75) is 31.7 Å². The lowest BCUT2D eigenvalue weighted by molar-refractivity contribution is 0.276. The Morgan fingerprint density at radius 3 is 2.92 bits per heavy atom. The molecule has 2 saturated heterocycles. The summed E-state index contributed by atoms with van der Waals surface area (Å²) < 4.78 is 5.96. The molecule has 132 valence electrons. The molecule has 0 bridgehead atoms. The molecular formula is C21H27N3O. The van der Waals surface area contributed by atoms with E-state index in [-0.39, 0.29) is 0 Å². The molecule has 1 aromatic heterocycles. The van der Waals surface area contributed by atoms with E-state index in [0.29, 0.717) is 6.04 Å². The van der Waals surface area contributed by atoms with Gasteiger partial charge in [-0.05, 0) is 43.7 Å².